The first-order chi connectivity index (χ1) is 10.3. The molecule has 0 spiro atoms. The van der Waals surface area contributed by atoms with Crippen molar-refractivity contribution in [1.29, 1.82) is 5.26 Å². The molecule has 100 valence electrons. The number of fused-ring (bicyclic) bond motifs is 1. The molecule has 1 N–H and O–H groups in total. The highest BCUT2D eigenvalue weighted by atomic mass is 16.1. The smallest absolute Gasteiger partial charge is 0.255 e. The van der Waals surface area contributed by atoms with Gasteiger partial charge in [-0.05, 0) is 42.5 Å². The van der Waals surface area contributed by atoms with Crippen molar-refractivity contribution >= 4 is 22.6 Å². The van der Waals surface area contributed by atoms with Crippen molar-refractivity contribution in [3.8, 4) is 6.07 Å². The van der Waals surface area contributed by atoms with Crippen LogP contribution in [-0.2, 0) is 0 Å². The van der Waals surface area contributed by atoms with Crippen LogP contribution in [-0.4, -0.2) is 15.9 Å². The van der Waals surface area contributed by atoms with E-state index in [4.69, 9.17) is 5.26 Å². The van der Waals surface area contributed by atoms with Gasteiger partial charge >= 0.3 is 0 Å². The van der Waals surface area contributed by atoms with Crippen molar-refractivity contribution in [3.05, 3.63) is 66.0 Å². The molecule has 0 aliphatic rings. The second-order valence-electron chi connectivity index (χ2n) is 4.40. The fourth-order valence-corrected chi connectivity index (χ4v) is 1.94. The molecule has 1 aromatic heterocycles. The van der Waals surface area contributed by atoms with E-state index in [-0.39, 0.29) is 5.91 Å². The number of carbonyl (C=O) groups excluding carboxylic acids is 1. The predicted octanol–water partition coefficient (Wildman–Crippen LogP) is 2.75. The molecule has 5 heteroatoms. The monoisotopic (exact) mass is 274 g/mol. The molecule has 2 aromatic carbocycles. The summed E-state index contributed by atoms with van der Waals surface area (Å²) in [5.41, 5.74) is 3.11. The van der Waals surface area contributed by atoms with Gasteiger partial charge in [-0.15, -0.1) is 0 Å². The largest absolute Gasteiger partial charge is 0.322 e. The van der Waals surface area contributed by atoms with Gasteiger partial charge in [0.25, 0.3) is 5.91 Å². The van der Waals surface area contributed by atoms with E-state index in [0.29, 0.717) is 22.3 Å². The quantitative estimate of drug-likeness (QED) is 0.779. The molecule has 0 aliphatic carbocycles. The molecule has 0 radical (unpaired) electrons. The third kappa shape index (κ3) is 2.69. The van der Waals surface area contributed by atoms with Gasteiger partial charge in [-0.1, -0.05) is 0 Å². The fourth-order valence-electron chi connectivity index (χ4n) is 1.94. The molecular weight excluding hydrogens is 264 g/mol. The summed E-state index contributed by atoms with van der Waals surface area (Å²) in [6, 6.07) is 13.9. The second-order valence-corrected chi connectivity index (χ2v) is 4.40. The molecule has 3 rings (SSSR count). The zero-order valence-electron chi connectivity index (χ0n) is 10.9. The van der Waals surface area contributed by atoms with Crippen molar-refractivity contribution in [3.63, 3.8) is 0 Å². The molecule has 0 bridgehead atoms. The standard InChI is InChI=1S/C16H10N4O/c17-10-11-1-4-13(5-2-11)20-16(21)12-3-6-14-15(9-12)19-8-7-18-14/h1-9H,(H,20,21). The molecule has 0 atom stereocenters. The molecule has 1 heterocycles. The highest BCUT2D eigenvalue weighted by Gasteiger charge is 2.07. The first kappa shape index (κ1) is 12.8. The lowest BCUT2D eigenvalue weighted by Gasteiger charge is -2.05. The van der Waals surface area contributed by atoms with E-state index in [2.05, 4.69) is 15.3 Å². The van der Waals surface area contributed by atoms with Gasteiger partial charge in [0.15, 0.2) is 0 Å². The minimum Gasteiger partial charge on any atom is -0.322 e. The van der Waals surface area contributed by atoms with Gasteiger partial charge in [0.05, 0.1) is 22.7 Å². The van der Waals surface area contributed by atoms with Crippen LogP contribution in [0.3, 0.4) is 0 Å². The first-order valence-corrected chi connectivity index (χ1v) is 6.28. The average molecular weight is 274 g/mol. The summed E-state index contributed by atoms with van der Waals surface area (Å²) in [7, 11) is 0. The number of amides is 1. The van der Waals surface area contributed by atoms with Crippen LogP contribution >= 0.6 is 0 Å². The lowest BCUT2D eigenvalue weighted by Crippen LogP contribution is -2.11. The maximum Gasteiger partial charge on any atom is 0.255 e. The molecule has 0 saturated carbocycles. The molecule has 21 heavy (non-hydrogen) atoms. The number of nitriles is 1. The third-order valence-corrected chi connectivity index (χ3v) is 3.00. The number of hydrogen-bond donors (Lipinski definition) is 1. The van der Waals surface area contributed by atoms with Crippen LogP contribution in [0.5, 0.6) is 0 Å². The number of nitrogens with one attached hydrogen (secondary N) is 1. The topological polar surface area (TPSA) is 78.7 Å². The molecular formula is C16H10N4O. The van der Waals surface area contributed by atoms with Gasteiger partial charge in [-0.2, -0.15) is 5.26 Å². The minimum atomic E-state index is -0.229. The van der Waals surface area contributed by atoms with Gasteiger partial charge < -0.3 is 5.32 Å². The summed E-state index contributed by atoms with van der Waals surface area (Å²) >= 11 is 0. The van der Waals surface area contributed by atoms with Crippen molar-refractivity contribution in [2.75, 3.05) is 5.32 Å². The molecule has 0 fully saturated rings. The number of benzene rings is 2. The van der Waals surface area contributed by atoms with Crippen LogP contribution in [0.4, 0.5) is 5.69 Å². The van der Waals surface area contributed by atoms with Gasteiger partial charge in [-0.25, -0.2) is 0 Å². The molecule has 0 saturated heterocycles. The second kappa shape index (κ2) is 5.39. The summed E-state index contributed by atoms with van der Waals surface area (Å²) in [5, 5.41) is 11.5. The number of hydrogen-bond acceptors (Lipinski definition) is 4. The molecule has 3 aromatic rings. The van der Waals surface area contributed by atoms with E-state index >= 15 is 0 Å². The van der Waals surface area contributed by atoms with Crippen molar-refractivity contribution < 1.29 is 4.79 Å². The van der Waals surface area contributed by atoms with Crippen LogP contribution < -0.4 is 5.32 Å². The Morgan fingerprint density at radius 2 is 1.71 bits per heavy atom. The van der Waals surface area contributed by atoms with Crippen LogP contribution in [0, 0.1) is 11.3 Å². The predicted molar refractivity (Wildman–Crippen MR) is 78.6 cm³/mol. The summed E-state index contributed by atoms with van der Waals surface area (Å²) in [6.07, 6.45) is 3.20. The maximum absolute atomic E-state index is 12.2. The van der Waals surface area contributed by atoms with E-state index in [1.165, 1.54) is 0 Å². The summed E-state index contributed by atoms with van der Waals surface area (Å²) < 4.78 is 0. The molecule has 0 aliphatic heterocycles. The molecule has 1 amide bonds. The zero-order valence-corrected chi connectivity index (χ0v) is 10.9. The van der Waals surface area contributed by atoms with Crippen LogP contribution in [0.2, 0.25) is 0 Å². The number of carbonyl (C=O) groups is 1. The van der Waals surface area contributed by atoms with E-state index in [0.717, 1.165) is 5.52 Å². The maximum atomic E-state index is 12.2. The van der Waals surface area contributed by atoms with Crippen molar-refractivity contribution in [1.82, 2.24) is 9.97 Å². The lowest BCUT2D eigenvalue weighted by molar-refractivity contribution is 0.102. The van der Waals surface area contributed by atoms with Gasteiger partial charge in [0.1, 0.15) is 0 Å². The Balaban J connectivity index is 1.84. The highest BCUT2D eigenvalue weighted by molar-refractivity contribution is 6.05. The summed E-state index contributed by atoms with van der Waals surface area (Å²) in [6.45, 7) is 0. The van der Waals surface area contributed by atoms with E-state index < -0.39 is 0 Å². The molecule has 0 unspecified atom stereocenters. The molecule has 5 nitrogen and oxygen atoms in total. The van der Waals surface area contributed by atoms with Gasteiger partial charge in [-0.3, -0.25) is 14.8 Å². The number of anilines is 1. The van der Waals surface area contributed by atoms with Crippen molar-refractivity contribution in [2.24, 2.45) is 0 Å². The normalized spacial score (nSPS) is 10.0. The lowest BCUT2D eigenvalue weighted by atomic mass is 10.1. The first-order valence-electron chi connectivity index (χ1n) is 6.28. The highest BCUT2D eigenvalue weighted by Crippen LogP contribution is 2.14. The van der Waals surface area contributed by atoms with Crippen molar-refractivity contribution in [2.45, 2.75) is 0 Å². The zero-order chi connectivity index (χ0) is 14.7. The van der Waals surface area contributed by atoms with Gasteiger partial charge in [0, 0.05) is 23.6 Å². The van der Waals surface area contributed by atoms with Crippen LogP contribution in [0.1, 0.15) is 15.9 Å². The summed E-state index contributed by atoms with van der Waals surface area (Å²) in [4.78, 5) is 20.5. The van der Waals surface area contributed by atoms with Crippen LogP contribution in [0.15, 0.2) is 54.9 Å². The Labute approximate surface area is 120 Å². The Bertz CT molecular complexity index is 850. The van der Waals surface area contributed by atoms with Gasteiger partial charge in [0.2, 0.25) is 0 Å². The third-order valence-electron chi connectivity index (χ3n) is 3.00. The Hall–Kier alpha value is -3.26. The van der Waals surface area contributed by atoms with Crippen LogP contribution in [0.25, 0.3) is 11.0 Å². The Morgan fingerprint density at radius 3 is 2.43 bits per heavy atom. The fraction of sp³-hybridized carbons (Fsp3) is 0. The average Bonchev–Trinajstić information content (AvgIpc) is 2.55. The van der Waals surface area contributed by atoms with E-state index in [9.17, 15) is 4.79 Å². The Morgan fingerprint density at radius 1 is 1.00 bits per heavy atom. The van der Waals surface area contributed by atoms with E-state index in [1.807, 2.05) is 6.07 Å². The SMILES string of the molecule is N#Cc1ccc(NC(=O)c2ccc3nccnc3c2)cc1. The summed E-state index contributed by atoms with van der Waals surface area (Å²) in [5.74, 6) is -0.229. The number of aromatic nitrogens is 2. The number of nitrogens with zero attached hydrogens (tertiary/aromatic N) is 3. The number of rotatable bonds is 2. The minimum absolute atomic E-state index is 0.229. The Kier molecular flexibility index (Phi) is 3.27. The van der Waals surface area contributed by atoms with E-state index in [1.54, 1.807) is 54.9 Å².